The van der Waals surface area contributed by atoms with Crippen LogP contribution >= 0.6 is 0 Å². The second kappa shape index (κ2) is 7.69. The van der Waals surface area contributed by atoms with Gasteiger partial charge in [0.25, 0.3) is 5.91 Å². The smallest absolute Gasteiger partial charge is 0.274 e. The van der Waals surface area contributed by atoms with Crippen LogP contribution in [0.15, 0.2) is 48.8 Å². The van der Waals surface area contributed by atoms with E-state index < -0.39 is 11.7 Å². The summed E-state index contributed by atoms with van der Waals surface area (Å²) in [7, 11) is 1.68. The van der Waals surface area contributed by atoms with Crippen molar-refractivity contribution in [3.8, 4) is 0 Å². The first-order valence-corrected chi connectivity index (χ1v) is 11.1. The molecule has 1 fully saturated rings. The maximum Gasteiger partial charge on any atom is 0.274 e. The summed E-state index contributed by atoms with van der Waals surface area (Å²) >= 11 is 0. The van der Waals surface area contributed by atoms with Crippen LogP contribution < -0.4 is 5.32 Å². The maximum absolute atomic E-state index is 13.2. The molecule has 168 valence electrons. The van der Waals surface area contributed by atoms with E-state index in [4.69, 9.17) is 4.74 Å². The summed E-state index contributed by atoms with van der Waals surface area (Å²) in [5.74, 6) is -0.147. The van der Waals surface area contributed by atoms with E-state index >= 15 is 0 Å². The standard InChI is InChI=1S/C25H30N4O3/c1-24(2,32-3)19-8-9-22-27-20(15-29(22)14-19)23(31)28-11-10-25(21(30)16-28)12-17-6-4-5-7-18(17)13-26-25/h4-9,14-15,21,26,30H,10-13,16H2,1-3H3/t21-,25+/m1/s1. The molecule has 2 aromatic heterocycles. The molecule has 2 N–H and O–H groups in total. The topological polar surface area (TPSA) is 79.1 Å². The number of rotatable bonds is 3. The molecule has 1 amide bonds. The average molecular weight is 435 g/mol. The molecule has 2 aliphatic heterocycles. The van der Waals surface area contributed by atoms with Crippen molar-refractivity contribution in [3.05, 3.63) is 71.2 Å². The van der Waals surface area contributed by atoms with Crippen LogP contribution in [0.25, 0.3) is 5.65 Å². The summed E-state index contributed by atoms with van der Waals surface area (Å²) in [6.45, 7) is 5.62. The number of β-amino-alcohol motifs (C(OH)–C–C–N with tert-alkyl or cyclic N) is 1. The van der Waals surface area contributed by atoms with E-state index in [2.05, 4.69) is 22.4 Å². The number of carbonyl (C=O) groups excluding carboxylic acids is 1. The summed E-state index contributed by atoms with van der Waals surface area (Å²) < 4.78 is 7.43. The first kappa shape index (κ1) is 21.1. The Bertz CT molecular complexity index is 1170. The van der Waals surface area contributed by atoms with Gasteiger partial charge in [0.05, 0.1) is 17.2 Å². The molecule has 3 aromatic rings. The zero-order valence-electron chi connectivity index (χ0n) is 18.8. The van der Waals surface area contributed by atoms with Crippen molar-refractivity contribution in [1.82, 2.24) is 19.6 Å². The number of pyridine rings is 1. The molecular weight excluding hydrogens is 404 g/mol. The fourth-order valence-corrected chi connectivity index (χ4v) is 4.88. The number of imidazole rings is 1. The number of nitrogens with zero attached hydrogens (tertiary/aromatic N) is 3. The number of likely N-dealkylation sites (tertiary alicyclic amines) is 1. The van der Waals surface area contributed by atoms with E-state index in [1.807, 2.05) is 48.7 Å². The highest BCUT2D eigenvalue weighted by Crippen LogP contribution is 2.32. The number of nitrogens with one attached hydrogen (secondary N) is 1. The van der Waals surface area contributed by atoms with Crippen LogP contribution in [0.5, 0.6) is 0 Å². The molecule has 1 spiro atoms. The first-order valence-electron chi connectivity index (χ1n) is 11.1. The van der Waals surface area contributed by atoms with Crippen LogP contribution in [0, 0.1) is 0 Å². The van der Waals surface area contributed by atoms with E-state index in [0.29, 0.717) is 30.9 Å². The zero-order chi connectivity index (χ0) is 22.5. The molecule has 2 aliphatic rings. The quantitative estimate of drug-likeness (QED) is 0.662. The minimum atomic E-state index is -0.639. The molecule has 0 bridgehead atoms. The van der Waals surface area contributed by atoms with E-state index in [1.165, 1.54) is 11.1 Å². The second-order valence-corrected chi connectivity index (χ2v) is 9.50. The Balaban J connectivity index is 1.33. The van der Waals surface area contributed by atoms with Crippen LogP contribution in [-0.4, -0.2) is 57.1 Å². The van der Waals surface area contributed by atoms with Gasteiger partial charge in [-0.3, -0.25) is 4.79 Å². The van der Waals surface area contributed by atoms with Crippen LogP contribution in [0.3, 0.4) is 0 Å². The molecule has 0 unspecified atom stereocenters. The third-order valence-electron chi connectivity index (χ3n) is 7.28. The molecule has 32 heavy (non-hydrogen) atoms. The number of ether oxygens (including phenoxy) is 1. The first-order chi connectivity index (χ1) is 15.3. The van der Waals surface area contributed by atoms with Gasteiger partial charge in [0.15, 0.2) is 0 Å². The van der Waals surface area contributed by atoms with Gasteiger partial charge in [-0.05, 0) is 49.4 Å². The van der Waals surface area contributed by atoms with Crippen molar-refractivity contribution in [2.45, 2.75) is 50.5 Å². The Morgan fingerprint density at radius 3 is 2.75 bits per heavy atom. The molecule has 1 aromatic carbocycles. The van der Waals surface area contributed by atoms with Crippen LogP contribution in [0.1, 0.15) is 47.4 Å². The number of fused-ring (bicyclic) bond motifs is 2. The molecule has 5 rings (SSSR count). The zero-order valence-corrected chi connectivity index (χ0v) is 18.8. The van der Waals surface area contributed by atoms with Gasteiger partial charge in [0, 0.05) is 39.1 Å². The molecule has 2 atom stereocenters. The van der Waals surface area contributed by atoms with E-state index in [-0.39, 0.29) is 11.4 Å². The molecular formula is C25H30N4O3. The molecule has 7 nitrogen and oxygen atoms in total. The Morgan fingerprint density at radius 1 is 1.22 bits per heavy atom. The van der Waals surface area contributed by atoms with Crippen LogP contribution in [-0.2, 0) is 23.3 Å². The van der Waals surface area contributed by atoms with Crippen molar-refractivity contribution in [2.24, 2.45) is 0 Å². The number of hydrogen-bond acceptors (Lipinski definition) is 5. The average Bonchev–Trinajstić information content (AvgIpc) is 3.24. The largest absolute Gasteiger partial charge is 0.389 e. The van der Waals surface area contributed by atoms with Crippen molar-refractivity contribution < 1.29 is 14.6 Å². The van der Waals surface area contributed by atoms with Gasteiger partial charge in [-0.15, -0.1) is 0 Å². The lowest BCUT2D eigenvalue weighted by atomic mass is 9.76. The van der Waals surface area contributed by atoms with Gasteiger partial charge in [-0.25, -0.2) is 4.98 Å². The van der Waals surface area contributed by atoms with Crippen molar-refractivity contribution in [1.29, 1.82) is 0 Å². The highest BCUT2D eigenvalue weighted by atomic mass is 16.5. The van der Waals surface area contributed by atoms with Crippen molar-refractivity contribution >= 4 is 11.6 Å². The second-order valence-electron chi connectivity index (χ2n) is 9.50. The number of piperidine rings is 1. The Morgan fingerprint density at radius 2 is 2.00 bits per heavy atom. The minimum absolute atomic E-state index is 0.147. The third-order valence-corrected chi connectivity index (χ3v) is 7.28. The Labute approximate surface area is 188 Å². The molecule has 0 saturated carbocycles. The minimum Gasteiger partial charge on any atom is -0.389 e. The van der Waals surface area contributed by atoms with Gasteiger partial charge < -0.3 is 24.5 Å². The monoisotopic (exact) mass is 434 g/mol. The van der Waals surface area contributed by atoms with Crippen molar-refractivity contribution in [3.63, 3.8) is 0 Å². The molecule has 7 heteroatoms. The highest BCUT2D eigenvalue weighted by Gasteiger charge is 2.45. The fraction of sp³-hybridized carbons (Fsp3) is 0.440. The van der Waals surface area contributed by atoms with Gasteiger partial charge in [0.2, 0.25) is 0 Å². The maximum atomic E-state index is 13.2. The lowest BCUT2D eigenvalue weighted by Gasteiger charge is -2.48. The number of carbonyl (C=O) groups is 1. The van der Waals surface area contributed by atoms with Crippen molar-refractivity contribution in [2.75, 3.05) is 20.2 Å². The lowest BCUT2D eigenvalue weighted by molar-refractivity contribution is -0.0140. The summed E-state index contributed by atoms with van der Waals surface area (Å²) in [4.78, 5) is 19.5. The number of aliphatic hydroxyl groups excluding tert-OH is 1. The van der Waals surface area contributed by atoms with E-state index in [0.717, 1.165) is 18.5 Å². The Hall–Kier alpha value is -2.74. The summed E-state index contributed by atoms with van der Waals surface area (Å²) in [5.41, 5.74) is 3.85. The SMILES string of the molecule is COC(C)(C)c1ccc2nc(C(=O)N3CC[C@]4(Cc5ccccc5CN4)[C@H](O)C3)cn2c1. The fourth-order valence-electron chi connectivity index (χ4n) is 4.88. The third kappa shape index (κ3) is 3.50. The molecule has 1 saturated heterocycles. The predicted octanol–water partition coefficient (Wildman–Crippen LogP) is 2.51. The van der Waals surface area contributed by atoms with Gasteiger partial charge >= 0.3 is 0 Å². The predicted molar refractivity (Wildman–Crippen MR) is 121 cm³/mol. The van der Waals surface area contributed by atoms with Gasteiger partial charge in [0.1, 0.15) is 11.3 Å². The summed E-state index contributed by atoms with van der Waals surface area (Å²) in [6, 6.07) is 12.2. The molecule has 0 aliphatic carbocycles. The number of aliphatic hydroxyl groups is 1. The molecule has 0 radical (unpaired) electrons. The van der Waals surface area contributed by atoms with Gasteiger partial charge in [-0.1, -0.05) is 30.3 Å². The van der Waals surface area contributed by atoms with E-state index in [1.54, 1.807) is 18.2 Å². The number of methoxy groups -OCH3 is 1. The van der Waals surface area contributed by atoms with Gasteiger partial charge in [-0.2, -0.15) is 0 Å². The molecule has 4 heterocycles. The Kier molecular flexibility index (Phi) is 5.08. The van der Waals surface area contributed by atoms with Crippen LogP contribution in [0.4, 0.5) is 0 Å². The summed E-state index contributed by atoms with van der Waals surface area (Å²) in [5, 5.41) is 14.6. The number of aromatic nitrogens is 2. The number of benzene rings is 1. The van der Waals surface area contributed by atoms with E-state index in [9.17, 15) is 9.90 Å². The lowest BCUT2D eigenvalue weighted by Crippen LogP contribution is -2.65. The van der Waals surface area contributed by atoms with Crippen LogP contribution in [0.2, 0.25) is 0 Å². The highest BCUT2D eigenvalue weighted by molar-refractivity contribution is 5.93. The summed E-state index contributed by atoms with van der Waals surface area (Å²) in [6.07, 6.45) is 4.55. The number of amides is 1. The normalized spacial score (nSPS) is 23.5. The number of hydrogen-bond donors (Lipinski definition) is 2.